The number of methoxy groups -OCH3 is 1. The van der Waals surface area contributed by atoms with Gasteiger partial charge in [-0.2, -0.15) is 5.10 Å². The van der Waals surface area contributed by atoms with Crippen molar-refractivity contribution in [1.29, 1.82) is 0 Å². The van der Waals surface area contributed by atoms with Crippen molar-refractivity contribution in [3.05, 3.63) is 27.7 Å². The summed E-state index contributed by atoms with van der Waals surface area (Å²) in [4.78, 5) is 11.0. The normalized spacial score (nSPS) is 17.2. The molecular formula is C11H9Cl2N3O2S. The van der Waals surface area contributed by atoms with E-state index in [2.05, 4.69) is 15.5 Å². The summed E-state index contributed by atoms with van der Waals surface area (Å²) >= 11 is 13.2. The van der Waals surface area contributed by atoms with Gasteiger partial charge in [0.15, 0.2) is 5.17 Å². The van der Waals surface area contributed by atoms with Crippen molar-refractivity contribution in [2.75, 3.05) is 12.9 Å². The number of thioether (sulfide) groups is 1. The lowest BCUT2D eigenvalue weighted by atomic mass is 10.2. The standard InChI is InChI=1S/C11H9Cl2N3O2S/c1-18-10-6(2-7(12)3-8(10)13)4-14-16-11-15-9(17)5-19-11/h2-4H,5H2,1H3,(H,15,16,17)/b14-4+. The highest BCUT2D eigenvalue weighted by Crippen LogP contribution is 2.31. The third-order valence-corrected chi connectivity index (χ3v) is 3.54. The van der Waals surface area contributed by atoms with E-state index in [1.807, 2.05) is 0 Å². The highest BCUT2D eigenvalue weighted by Gasteiger charge is 2.16. The highest BCUT2D eigenvalue weighted by atomic mass is 35.5. The first kappa shape index (κ1) is 14.2. The lowest BCUT2D eigenvalue weighted by molar-refractivity contribution is -0.116. The second-order valence-corrected chi connectivity index (χ2v) is 5.30. The zero-order chi connectivity index (χ0) is 13.8. The summed E-state index contributed by atoms with van der Waals surface area (Å²) in [7, 11) is 1.51. The lowest BCUT2D eigenvalue weighted by Crippen LogP contribution is -2.19. The van der Waals surface area contributed by atoms with E-state index in [-0.39, 0.29) is 5.91 Å². The average Bonchev–Trinajstić information content (AvgIpc) is 2.74. The highest BCUT2D eigenvalue weighted by molar-refractivity contribution is 8.15. The molecule has 1 aromatic carbocycles. The number of rotatable bonds is 3. The number of ether oxygens (including phenoxy) is 1. The van der Waals surface area contributed by atoms with E-state index >= 15 is 0 Å². The van der Waals surface area contributed by atoms with E-state index in [1.54, 1.807) is 12.1 Å². The van der Waals surface area contributed by atoms with E-state index in [0.717, 1.165) is 0 Å². The molecule has 0 aromatic heterocycles. The molecule has 0 aliphatic carbocycles. The Morgan fingerprint density at radius 2 is 2.26 bits per heavy atom. The maximum atomic E-state index is 11.0. The van der Waals surface area contributed by atoms with Gasteiger partial charge in [-0.15, -0.1) is 5.10 Å². The number of amides is 1. The third kappa shape index (κ3) is 3.62. The van der Waals surface area contributed by atoms with Crippen LogP contribution in [0.3, 0.4) is 0 Å². The van der Waals surface area contributed by atoms with Gasteiger partial charge in [0.05, 0.1) is 24.1 Å². The van der Waals surface area contributed by atoms with Gasteiger partial charge < -0.3 is 10.1 Å². The second kappa shape index (κ2) is 6.27. The molecule has 1 saturated heterocycles. The van der Waals surface area contributed by atoms with Crippen LogP contribution in [0.1, 0.15) is 5.56 Å². The predicted molar refractivity (Wildman–Crippen MR) is 78.6 cm³/mol. The summed E-state index contributed by atoms with van der Waals surface area (Å²) in [6, 6.07) is 3.24. The predicted octanol–water partition coefficient (Wildman–Crippen LogP) is 2.55. The molecule has 0 atom stereocenters. The number of halogens is 2. The first-order valence-electron chi connectivity index (χ1n) is 5.17. The molecule has 1 amide bonds. The van der Waals surface area contributed by atoms with Crippen LogP contribution in [0.2, 0.25) is 10.0 Å². The van der Waals surface area contributed by atoms with Crippen molar-refractivity contribution in [2.45, 2.75) is 0 Å². The average molecular weight is 318 g/mol. The van der Waals surface area contributed by atoms with Gasteiger partial charge in [0.2, 0.25) is 5.91 Å². The van der Waals surface area contributed by atoms with E-state index in [0.29, 0.717) is 32.3 Å². The molecule has 1 aliphatic rings. The zero-order valence-corrected chi connectivity index (χ0v) is 12.1. The molecular weight excluding hydrogens is 309 g/mol. The molecule has 1 aliphatic heterocycles. The summed E-state index contributed by atoms with van der Waals surface area (Å²) in [5.41, 5.74) is 0.610. The molecule has 5 nitrogen and oxygen atoms in total. The molecule has 100 valence electrons. The van der Waals surface area contributed by atoms with E-state index < -0.39 is 0 Å². The summed E-state index contributed by atoms with van der Waals surface area (Å²) < 4.78 is 5.17. The zero-order valence-electron chi connectivity index (χ0n) is 9.81. The van der Waals surface area contributed by atoms with Gasteiger partial charge in [-0.05, 0) is 12.1 Å². The van der Waals surface area contributed by atoms with Gasteiger partial charge >= 0.3 is 0 Å². The molecule has 1 aromatic rings. The van der Waals surface area contributed by atoms with Crippen molar-refractivity contribution in [3.8, 4) is 5.75 Å². The maximum absolute atomic E-state index is 11.0. The fraction of sp³-hybridized carbons (Fsp3) is 0.182. The van der Waals surface area contributed by atoms with E-state index in [9.17, 15) is 4.79 Å². The summed E-state index contributed by atoms with van der Waals surface area (Å²) in [6.07, 6.45) is 1.47. The van der Waals surface area contributed by atoms with Gasteiger partial charge in [-0.1, -0.05) is 35.0 Å². The van der Waals surface area contributed by atoms with Gasteiger partial charge in [0.25, 0.3) is 0 Å². The molecule has 0 bridgehead atoms. The number of hydrogen-bond donors (Lipinski definition) is 1. The van der Waals surface area contributed by atoms with Crippen LogP contribution < -0.4 is 10.1 Å². The van der Waals surface area contributed by atoms with Crippen LogP contribution in [0.25, 0.3) is 0 Å². The molecule has 1 heterocycles. The van der Waals surface area contributed by atoms with Crippen LogP contribution in [0, 0.1) is 0 Å². The van der Waals surface area contributed by atoms with Crippen LogP contribution in [0.15, 0.2) is 22.3 Å². The van der Waals surface area contributed by atoms with Crippen LogP contribution in [0.4, 0.5) is 0 Å². The minimum Gasteiger partial charge on any atom is -0.495 e. The number of nitrogens with one attached hydrogen (secondary N) is 1. The molecule has 0 radical (unpaired) electrons. The van der Waals surface area contributed by atoms with Crippen LogP contribution in [-0.4, -0.2) is 30.2 Å². The first-order chi connectivity index (χ1) is 9.10. The molecule has 1 fully saturated rings. The van der Waals surface area contributed by atoms with Gasteiger partial charge in [-0.25, -0.2) is 0 Å². The van der Waals surface area contributed by atoms with Crippen LogP contribution in [0.5, 0.6) is 5.75 Å². The minimum atomic E-state index is -0.0812. The SMILES string of the molecule is COc1c(Cl)cc(Cl)cc1/C=N/N=C1/NC(=O)CS1. The summed E-state index contributed by atoms with van der Waals surface area (Å²) in [5.74, 6) is 0.751. The topological polar surface area (TPSA) is 63.1 Å². The third-order valence-electron chi connectivity index (χ3n) is 2.17. The number of nitrogens with zero attached hydrogens (tertiary/aromatic N) is 2. The summed E-state index contributed by atoms with van der Waals surface area (Å²) in [6.45, 7) is 0. The number of carbonyl (C=O) groups excluding carboxylic acids is 1. The molecule has 19 heavy (non-hydrogen) atoms. The lowest BCUT2D eigenvalue weighted by Gasteiger charge is -2.06. The van der Waals surface area contributed by atoms with Crippen molar-refractivity contribution >= 4 is 52.3 Å². The van der Waals surface area contributed by atoms with Gasteiger partial charge in [0, 0.05) is 10.6 Å². The number of carbonyl (C=O) groups is 1. The number of amidine groups is 1. The van der Waals surface area contributed by atoms with Crippen molar-refractivity contribution in [3.63, 3.8) is 0 Å². The largest absolute Gasteiger partial charge is 0.495 e. The Kier molecular flexibility index (Phi) is 4.68. The van der Waals surface area contributed by atoms with Crippen LogP contribution >= 0.6 is 35.0 Å². The number of benzene rings is 1. The van der Waals surface area contributed by atoms with Gasteiger partial charge in [-0.3, -0.25) is 4.79 Å². The van der Waals surface area contributed by atoms with Crippen LogP contribution in [-0.2, 0) is 4.79 Å². The molecule has 0 saturated carbocycles. The van der Waals surface area contributed by atoms with E-state index in [4.69, 9.17) is 27.9 Å². The van der Waals surface area contributed by atoms with Crippen molar-refractivity contribution in [1.82, 2.24) is 5.32 Å². The van der Waals surface area contributed by atoms with Crippen molar-refractivity contribution < 1.29 is 9.53 Å². The molecule has 1 N–H and O–H groups in total. The smallest absolute Gasteiger partial charge is 0.236 e. The monoisotopic (exact) mass is 317 g/mol. The maximum Gasteiger partial charge on any atom is 0.236 e. The molecule has 2 rings (SSSR count). The first-order valence-corrected chi connectivity index (χ1v) is 6.91. The Labute approximate surface area is 124 Å². The Bertz CT molecular complexity index is 575. The Hall–Kier alpha value is -1.24. The number of hydrogen-bond acceptors (Lipinski definition) is 5. The Balaban J connectivity index is 2.21. The van der Waals surface area contributed by atoms with Crippen molar-refractivity contribution in [2.24, 2.45) is 10.2 Å². The van der Waals surface area contributed by atoms with E-state index in [1.165, 1.54) is 25.1 Å². The fourth-order valence-electron chi connectivity index (χ4n) is 1.41. The second-order valence-electron chi connectivity index (χ2n) is 3.50. The molecule has 0 unspecified atom stereocenters. The molecule has 0 spiro atoms. The Morgan fingerprint density at radius 3 is 2.89 bits per heavy atom. The quantitative estimate of drug-likeness (QED) is 0.688. The minimum absolute atomic E-state index is 0.0812. The Morgan fingerprint density at radius 1 is 1.47 bits per heavy atom. The summed E-state index contributed by atoms with van der Waals surface area (Å²) in [5, 5.41) is 11.7. The molecule has 8 heteroatoms. The van der Waals surface area contributed by atoms with Gasteiger partial charge in [0.1, 0.15) is 5.75 Å². The fourth-order valence-corrected chi connectivity index (χ4v) is 2.63.